The van der Waals surface area contributed by atoms with Crippen LogP contribution in [-0.2, 0) is 19.1 Å². The summed E-state index contributed by atoms with van der Waals surface area (Å²) in [5.41, 5.74) is 4.42. The predicted octanol–water partition coefficient (Wildman–Crippen LogP) is 2.49. The summed E-state index contributed by atoms with van der Waals surface area (Å²) < 4.78 is 5.51. The zero-order valence-corrected chi connectivity index (χ0v) is 19.7. The molecule has 1 heterocycles. The predicted molar refractivity (Wildman–Crippen MR) is 128 cm³/mol. The number of likely N-dealkylation sites (tertiary alicyclic amines) is 1. The molecule has 1 aliphatic carbocycles. The molecule has 0 radical (unpaired) electrons. The van der Waals surface area contributed by atoms with E-state index < -0.39 is 42.0 Å². The van der Waals surface area contributed by atoms with Gasteiger partial charge in [-0.1, -0.05) is 48.5 Å². The van der Waals surface area contributed by atoms with Crippen molar-refractivity contribution in [3.05, 3.63) is 59.7 Å². The minimum atomic E-state index is -1.15. The lowest BCUT2D eigenvalue weighted by molar-refractivity contribution is -0.143. The van der Waals surface area contributed by atoms with Crippen LogP contribution in [0, 0.1) is 0 Å². The number of nitrogens with one attached hydrogen (secondary N) is 2. The number of fused-ring (bicyclic) bond motifs is 3. The molecule has 0 spiro atoms. The number of alkyl carbamates (subject to hydrolysis) is 1. The lowest BCUT2D eigenvalue weighted by Gasteiger charge is -2.27. The van der Waals surface area contributed by atoms with Gasteiger partial charge < -0.3 is 25.4 Å². The van der Waals surface area contributed by atoms with Gasteiger partial charge in [0, 0.05) is 12.5 Å². The molecule has 1 aliphatic heterocycles. The third-order valence-corrected chi connectivity index (χ3v) is 6.62. The van der Waals surface area contributed by atoms with Gasteiger partial charge in [0.15, 0.2) is 0 Å². The summed E-state index contributed by atoms with van der Waals surface area (Å²) >= 11 is 0. The molecule has 184 valence electrons. The maximum Gasteiger partial charge on any atom is 0.407 e. The number of carbonyl (C=O) groups is 4. The Labute approximate surface area is 203 Å². The van der Waals surface area contributed by atoms with Gasteiger partial charge in [-0.2, -0.15) is 0 Å². The fourth-order valence-corrected chi connectivity index (χ4v) is 4.80. The monoisotopic (exact) mass is 479 g/mol. The van der Waals surface area contributed by atoms with Gasteiger partial charge in [0.2, 0.25) is 11.8 Å². The highest BCUT2D eigenvalue weighted by atomic mass is 16.5. The highest BCUT2D eigenvalue weighted by Gasteiger charge is 2.37. The Morgan fingerprint density at radius 2 is 1.57 bits per heavy atom. The van der Waals surface area contributed by atoms with E-state index in [1.807, 2.05) is 36.4 Å². The molecule has 0 aromatic heterocycles. The number of rotatable bonds is 7. The third kappa shape index (κ3) is 4.99. The van der Waals surface area contributed by atoms with Crippen molar-refractivity contribution in [2.24, 2.45) is 0 Å². The first-order chi connectivity index (χ1) is 16.8. The van der Waals surface area contributed by atoms with Crippen molar-refractivity contribution in [1.82, 2.24) is 15.5 Å². The molecule has 2 aliphatic rings. The van der Waals surface area contributed by atoms with E-state index in [1.165, 1.54) is 18.7 Å². The first-order valence-electron chi connectivity index (χ1n) is 11.7. The van der Waals surface area contributed by atoms with Gasteiger partial charge in [0.05, 0.1) is 0 Å². The Morgan fingerprint density at radius 3 is 2.17 bits per heavy atom. The Morgan fingerprint density at radius 1 is 0.971 bits per heavy atom. The molecule has 4 rings (SSSR count). The molecule has 2 aromatic carbocycles. The van der Waals surface area contributed by atoms with Crippen molar-refractivity contribution in [1.29, 1.82) is 0 Å². The van der Waals surface area contributed by atoms with Gasteiger partial charge in [0.1, 0.15) is 24.7 Å². The number of hydrogen-bond acceptors (Lipinski definition) is 5. The van der Waals surface area contributed by atoms with Gasteiger partial charge in [-0.3, -0.25) is 14.4 Å². The highest BCUT2D eigenvalue weighted by molar-refractivity contribution is 5.93. The fraction of sp³-hybridized carbons (Fsp3) is 0.385. The molecule has 9 nitrogen and oxygen atoms in total. The summed E-state index contributed by atoms with van der Waals surface area (Å²) in [6.45, 7) is 3.39. The van der Waals surface area contributed by atoms with Crippen LogP contribution < -0.4 is 10.6 Å². The maximum absolute atomic E-state index is 13.0. The first-order valence-corrected chi connectivity index (χ1v) is 11.7. The third-order valence-electron chi connectivity index (χ3n) is 6.62. The van der Waals surface area contributed by atoms with Crippen LogP contribution in [0.1, 0.15) is 43.7 Å². The molecule has 0 unspecified atom stereocenters. The molecule has 1 fully saturated rings. The summed E-state index contributed by atoms with van der Waals surface area (Å²) in [4.78, 5) is 50.4. The minimum absolute atomic E-state index is 0.0953. The summed E-state index contributed by atoms with van der Waals surface area (Å²) in [7, 11) is 0. The number of carboxylic acid groups (broad SMARTS) is 1. The van der Waals surface area contributed by atoms with Gasteiger partial charge in [-0.15, -0.1) is 0 Å². The standard InChI is InChI=1S/C26H29N3O6/c1-15(24(31)29-13-7-12-22(29)23(30)27-16(2)25(32)33)28-26(34)35-14-21-19-10-5-3-8-17(19)18-9-4-6-11-20(18)21/h3-6,8-11,15-16,21-22H,7,12-14H2,1-2H3,(H,27,30)(H,28,34)(H,32,33)/t15-,16-,22-/m0/s1. The SMILES string of the molecule is C[C@H](NC(=O)[C@@H]1CCCN1C(=O)[C@H](C)NC(=O)OCC1c2ccccc2-c2ccccc21)C(=O)O. The largest absolute Gasteiger partial charge is 0.480 e. The Kier molecular flexibility index (Phi) is 7.04. The molecule has 35 heavy (non-hydrogen) atoms. The molecule has 1 saturated heterocycles. The molecular formula is C26H29N3O6. The van der Waals surface area contributed by atoms with Crippen molar-refractivity contribution >= 4 is 23.9 Å². The fourth-order valence-electron chi connectivity index (χ4n) is 4.80. The summed E-state index contributed by atoms with van der Waals surface area (Å²) in [5.74, 6) is -2.18. The molecule has 2 aromatic rings. The zero-order valence-electron chi connectivity index (χ0n) is 19.7. The normalized spacial score (nSPS) is 18.2. The minimum Gasteiger partial charge on any atom is -0.480 e. The van der Waals surface area contributed by atoms with E-state index in [-0.39, 0.29) is 12.5 Å². The molecular weight excluding hydrogens is 450 g/mol. The molecule has 3 N–H and O–H groups in total. The van der Waals surface area contributed by atoms with Crippen LogP contribution in [0.3, 0.4) is 0 Å². The van der Waals surface area contributed by atoms with Crippen molar-refractivity contribution < 1.29 is 29.0 Å². The smallest absolute Gasteiger partial charge is 0.407 e. The Hall–Kier alpha value is -3.88. The second-order valence-electron chi connectivity index (χ2n) is 8.95. The number of carboxylic acids is 1. The first kappa shape index (κ1) is 24.3. The Balaban J connectivity index is 1.34. The van der Waals surface area contributed by atoms with E-state index in [4.69, 9.17) is 9.84 Å². The number of aliphatic carboxylic acids is 1. The van der Waals surface area contributed by atoms with Crippen molar-refractivity contribution in [2.75, 3.05) is 13.2 Å². The van der Waals surface area contributed by atoms with Gasteiger partial charge in [-0.25, -0.2) is 4.79 Å². The number of benzene rings is 2. The van der Waals surface area contributed by atoms with Crippen LogP contribution in [0.2, 0.25) is 0 Å². The molecule has 0 saturated carbocycles. The Bertz CT molecular complexity index is 1100. The van der Waals surface area contributed by atoms with Crippen LogP contribution in [0.15, 0.2) is 48.5 Å². The second-order valence-corrected chi connectivity index (χ2v) is 8.95. The van der Waals surface area contributed by atoms with Gasteiger partial charge in [0.25, 0.3) is 0 Å². The quantitative estimate of drug-likeness (QED) is 0.560. The lowest BCUT2D eigenvalue weighted by Crippen LogP contribution is -2.54. The number of nitrogens with zero attached hydrogens (tertiary/aromatic N) is 1. The van der Waals surface area contributed by atoms with Crippen molar-refractivity contribution in [3.8, 4) is 11.1 Å². The number of amides is 3. The lowest BCUT2D eigenvalue weighted by atomic mass is 9.98. The molecule has 9 heteroatoms. The molecule has 3 amide bonds. The summed E-state index contributed by atoms with van der Waals surface area (Å²) in [5, 5.41) is 14.0. The zero-order chi connectivity index (χ0) is 25.1. The van der Waals surface area contributed by atoms with Gasteiger partial charge >= 0.3 is 12.1 Å². The van der Waals surface area contributed by atoms with E-state index in [1.54, 1.807) is 0 Å². The average molecular weight is 480 g/mol. The van der Waals surface area contributed by atoms with Crippen molar-refractivity contribution in [3.63, 3.8) is 0 Å². The van der Waals surface area contributed by atoms with E-state index in [9.17, 15) is 19.2 Å². The van der Waals surface area contributed by atoms with E-state index in [0.717, 1.165) is 22.3 Å². The molecule has 0 bridgehead atoms. The van der Waals surface area contributed by atoms with Crippen LogP contribution in [-0.4, -0.2) is 65.2 Å². The van der Waals surface area contributed by atoms with E-state index >= 15 is 0 Å². The van der Waals surface area contributed by atoms with E-state index in [2.05, 4.69) is 22.8 Å². The van der Waals surface area contributed by atoms with Crippen LogP contribution in [0.25, 0.3) is 11.1 Å². The number of ether oxygens (including phenoxy) is 1. The maximum atomic E-state index is 13.0. The van der Waals surface area contributed by atoms with Gasteiger partial charge in [-0.05, 0) is 48.9 Å². The number of hydrogen-bond donors (Lipinski definition) is 3. The van der Waals surface area contributed by atoms with E-state index in [0.29, 0.717) is 19.4 Å². The molecule has 3 atom stereocenters. The van der Waals surface area contributed by atoms with Crippen molar-refractivity contribution in [2.45, 2.75) is 50.7 Å². The summed E-state index contributed by atoms with van der Waals surface area (Å²) in [6.07, 6.45) is 0.331. The topological polar surface area (TPSA) is 125 Å². The second kappa shape index (κ2) is 10.2. The summed E-state index contributed by atoms with van der Waals surface area (Å²) in [6, 6.07) is 13.3. The highest BCUT2D eigenvalue weighted by Crippen LogP contribution is 2.44. The van der Waals surface area contributed by atoms with Crippen LogP contribution in [0.4, 0.5) is 4.79 Å². The van der Waals surface area contributed by atoms with Crippen LogP contribution in [0.5, 0.6) is 0 Å². The number of carbonyl (C=O) groups excluding carboxylic acids is 3. The van der Waals surface area contributed by atoms with Crippen LogP contribution >= 0.6 is 0 Å². The average Bonchev–Trinajstić information content (AvgIpc) is 3.45.